The number of carboxylic acid groups (broad SMARTS) is 1. The van der Waals surface area contributed by atoms with Gasteiger partial charge in [-0.2, -0.15) is 0 Å². The van der Waals surface area contributed by atoms with E-state index in [-0.39, 0.29) is 22.2 Å². The molecule has 0 saturated carbocycles. The number of hydrogen-bond acceptors (Lipinski definition) is 7. The topological polar surface area (TPSA) is 132 Å². The fourth-order valence-corrected chi connectivity index (χ4v) is 5.91. The highest BCUT2D eigenvalue weighted by Crippen LogP contribution is 2.25. The number of pyridine rings is 1. The number of sulfonamides is 1. The molecule has 0 saturated heterocycles. The van der Waals surface area contributed by atoms with Crippen molar-refractivity contribution in [3.8, 4) is 11.5 Å². The molecule has 0 aliphatic rings. The molecule has 1 heterocycles. The molecule has 1 aromatic heterocycles. The molecule has 46 heavy (non-hydrogen) atoms. The summed E-state index contributed by atoms with van der Waals surface area (Å²) in [4.78, 5) is 26.6. The predicted octanol–water partition coefficient (Wildman–Crippen LogP) is 8.94. The lowest BCUT2D eigenvalue weighted by molar-refractivity contribution is -0.154. The zero-order valence-electron chi connectivity index (χ0n) is 27.3. The number of anilines is 1. The van der Waals surface area contributed by atoms with Crippen LogP contribution in [0, 0.1) is 0 Å². The SMILES string of the molecule is CC(C)(C)OC(=O)CCCCCCCCCCCCCc1ccc(Oc2ccc(S(=O)(=O)Nc3ccc(C(=O)O)cn3)cc2)cc1. The van der Waals surface area contributed by atoms with Gasteiger partial charge in [-0.25, -0.2) is 18.2 Å². The van der Waals surface area contributed by atoms with Crippen LogP contribution < -0.4 is 9.46 Å². The number of carbonyl (C=O) groups excluding carboxylic acids is 1. The highest BCUT2D eigenvalue weighted by Gasteiger charge is 2.16. The fraction of sp³-hybridized carbons (Fsp3) is 0.472. The number of ether oxygens (including phenoxy) is 2. The Morgan fingerprint density at radius 3 is 1.76 bits per heavy atom. The molecule has 10 heteroatoms. The molecular formula is C36H48N2O7S. The van der Waals surface area contributed by atoms with E-state index in [1.807, 2.05) is 32.9 Å². The predicted molar refractivity (Wildman–Crippen MR) is 180 cm³/mol. The summed E-state index contributed by atoms with van der Waals surface area (Å²) < 4.78 is 38.9. The lowest BCUT2D eigenvalue weighted by Crippen LogP contribution is -2.23. The summed E-state index contributed by atoms with van der Waals surface area (Å²) in [5.74, 6) is -0.0248. The molecule has 3 rings (SSSR count). The van der Waals surface area contributed by atoms with Crippen LogP contribution in [0.15, 0.2) is 71.8 Å². The zero-order chi connectivity index (χ0) is 33.4. The number of carbonyl (C=O) groups is 2. The van der Waals surface area contributed by atoms with E-state index in [0.717, 1.165) is 31.9 Å². The van der Waals surface area contributed by atoms with Crippen molar-refractivity contribution >= 4 is 27.8 Å². The van der Waals surface area contributed by atoms with E-state index in [2.05, 4.69) is 21.8 Å². The quantitative estimate of drug-likeness (QED) is 0.0913. The van der Waals surface area contributed by atoms with Gasteiger partial charge < -0.3 is 14.6 Å². The normalized spacial score (nSPS) is 11.6. The third-order valence-electron chi connectivity index (χ3n) is 7.31. The summed E-state index contributed by atoms with van der Waals surface area (Å²) in [7, 11) is -3.90. The summed E-state index contributed by atoms with van der Waals surface area (Å²) in [6.45, 7) is 5.71. The van der Waals surface area contributed by atoms with Gasteiger partial charge >= 0.3 is 11.9 Å². The van der Waals surface area contributed by atoms with Crippen molar-refractivity contribution in [3.05, 3.63) is 78.0 Å². The zero-order valence-corrected chi connectivity index (χ0v) is 28.1. The van der Waals surface area contributed by atoms with Crippen LogP contribution in [0.5, 0.6) is 11.5 Å². The van der Waals surface area contributed by atoms with Gasteiger partial charge in [-0.15, -0.1) is 0 Å². The molecular weight excluding hydrogens is 604 g/mol. The van der Waals surface area contributed by atoms with Gasteiger partial charge in [0.25, 0.3) is 10.0 Å². The van der Waals surface area contributed by atoms with Crippen LogP contribution in [0.3, 0.4) is 0 Å². The van der Waals surface area contributed by atoms with Crippen molar-refractivity contribution in [1.82, 2.24) is 4.98 Å². The van der Waals surface area contributed by atoms with Gasteiger partial charge in [0.15, 0.2) is 0 Å². The van der Waals surface area contributed by atoms with E-state index < -0.39 is 21.6 Å². The number of esters is 1. The second-order valence-electron chi connectivity index (χ2n) is 12.5. The largest absolute Gasteiger partial charge is 0.478 e. The molecule has 0 amide bonds. The minimum absolute atomic E-state index is 0.0260. The Bertz CT molecular complexity index is 1460. The molecule has 3 aromatic rings. The van der Waals surface area contributed by atoms with Gasteiger partial charge in [-0.1, -0.05) is 69.9 Å². The van der Waals surface area contributed by atoms with Crippen LogP contribution in [0.2, 0.25) is 0 Å². The van der Waals surface area contributed by atoms with E-state index in [1.165, 1.54) is 81.2 Å². The Morgan fingerprint density at radius 2 is 1.26 bits per heavy atom. The number of nitrogens with zero attached hydrogens (tertiary/aromatic N) is 1. The van der Waals surface area contributed by atoms with Crippen LogP contribution in [0.4, 0.5) is 5.82 Å². The summed E-state index contributed by atoms with van der Waals surface area (Å²) in [5, 5.41) is 8.96. The summed E-state index contributed by atoms with van der Waals surface area (Å²) >= 11 is 0. The third-order valence-corrected chi connectivity index (χ3v) is 8.68. The van der Waals surface area contributed by atoms with Crippen molar-refractivity contribution < 1.29 is 32.6 Å². The number of rotatable bonds is 20. The van der Waals surface area contributed by atoms with Crippen molar-refractivity contribution in [2.45, 2.75) is 115 Å². The van der Waals surface area contributed by atoms with Crippen LogP contribution in [0.1, 0.15) is 114 Å². The minimum atomic E-state index is -3.90. The number of benzene rings is 2. The minimum Gasteiger partial charge on any atom is -0.478 e. The second-order valence-corrected chi connectivity index (χ2v) is 14.2. The maximum Gasteiger partial charge on any atom is 0.337 e. The monoisotopic (exact) mass is 652 g/mol. The van der Waals surface area contributed by atoms with E-state index in [1.54, 1.807) is 12.1 Å². The lowest BCUT2D eigenvalue weighted by atomic mass is 10.0. The number of hydrogen-bond donors (Lipinski definition) is 2. The number of unbranched alkanes of at least 4 members (excludes halogenated alkanes) is 10. The lowest BCUT2D eigenvalue weighted by Gasteiger charge is -2.19. The number of aromatic nitrogens is 1. The van der Waals surface area contributed by atoms with Crippen LogP contribution >= 0.6 is 0 Å². The Hall–Kier alpha value is -3.92. The van der Waals surface area contributed by atoms with Crippen molar-refractivity contribution in [2.75, 3.05) is 4.72 Å². The van der Waals surface area contributed by atoms with Gasteiger partial charge in [0.1, 0.15) is 22.9 Å². The van der Waals surface area contributed by atoms with Crippen molar-refractivity contribution in [3.63, 3.8) is 0 Å². The Labute approximate surface area is 273 Å². The summed E-state index contributed by atoms with van der Waals surface area (Å²) in [5.41, 5.74) is 0.834. The number of aryl methyl sites for hydroxylation is 1. The molecule has 0 fully saturated rings. The molecule has 0 aliphatic carbocycles. The van der Waals surface area contributed by atoms with Gasteiger partial charge in [-0.05, 0) is 94.1 Å². The molecule has 0 bridgehead atoms. The first kappa shape index (κ1) is 36.5. The number of nitrogens with one attached hydrogen (secondary N) is 1. The second kappa shape index (κ2) is 18.3. The van der Waals surface area contributed by atoms with Crippen molar-refractivity contribution in [1.29, 1.82) is 0 Å². The molecule has 2 N–H and O–H groups in total. The first-order valence-corrected chi connectivity index (χ1v) is 17.7. The van der Waals surface area contributed by atoms with E-state index in [0.29, 0.717) is 17.9 Å². The summed E-state index contributed by atoms with van der Waals surface area (Å²) in [6, 6.07) is 16.6. The molecule has 250 valence electrons. The van der Waals surface area contributed by atoms with Crippen LogP contribution in [0.25, 0.3) is 0 Å². The molecule has 0 radical (unpaired) electrons. The van der Waals surface area contributed by atoms with Gasteiger partial charge in [-0.3, -0.25) is 9.52 Å². The Morgan fingerprint density at radius 1 is 0.739 bits per heavy atom. The summed E-state index contributed by atoms with van der Waals surface area (Å²) in [6.07, 6.45) is 15.8. The molecule has 2 aromatic carbocycles. The Kier molecular flexibility index (Phi) is 14.5. The average molecular weight is 653 g/mol. The van der Waals surface area contributed by atoms with E-state index >= 15 is 0 Å². The molecule has 0 atom stereocenters. The first-order valence-electron chi connectivity index (χ1n) is 16.2. The molecule has 0 unspecified atom stereocenters. The van der Waals surface area contributed by atoms with E-state index in [9.17, 15) is 18.0 Å². The maximum absolute atomic E-state index is 12.7. The van der Waals surface area contributed by atoms with Crippen LogP contribution in [-0.4, -0.2) is 36.0 Å². The number of carboxylic acids is 1. The average Bonchev–Trinajstić information content (AvgIpc) is 3.00. The van der Waals surface area contributed by atoms with Gasteiger partial charge in [0, 0.05) is 12.6 Å². The number of aromatic carboxylic acids is 1. The standard InChI is InChI=1S/C36H48N2O7S/c1-36(2,3)45-34(39)16-14-12-10-8-6-4-5-7-9-11-13-15-28-17-20-30(21-18-28)44-31-22-24-32(25-23-31)46(42,43)38-33-26-19-29(27-37-33)35(40)41/h17-27H,4-16H2,1-3H3,(H,37,38)(H,40,41). The first-order chi connectivity index (χ1) is 21.9. The molecule has 0 spiro atoms. The van der Waals surface area contributed by atoms with E-state index in [4.69, 9.17) is 14.6 Å². The smallest absolute Gasteiger partial charge is 0.337 e. The molecule has 9 nitrogen and oxygen atoms in total. The highest BCUT2D eigenvalue weighted by atomic mass is 32.2. The maximum atomic E-state index is 12.7. The van der Waals surface area contributed by atoms with Crippen molar-refractivity contribution in [2.24, 2.45) is 0 Å². The fourth-order valence-electron chi connectivity index (χ4n) is 4.91. The highest BCUT2D eigenvalue weighted by molar-refractivity contribution is 7.92. The van der Waals surface area contributed by atoms with Gasteiger partial charge in [0.2, 0.25) is 0 Å². The Balaban J connectivity index is 1.25. The van der Waals surface area contributed by atoms with Crippen LogP contribution in [-0.2, 0) is 26.0 Å². The molecule has 0 aliphatic heterocycles. The van der Waals surface area contributed by atoms with Gasteiger partial charge in [0.05, 0.1) is 10.5 Å². The third kappa shape index (κ3) is 14.0.